The van der Waals surface area contributed by atoms with Gasteiger partial charge in [0, 0.05) is 0 Å². The first-order valence-electron chi connectivity index (χ1n) is 4.05. The topological polar surface area (TPSA) is 48.4 Å². The zero-order valence-corrected chi connectivity index (χ0v) is 7.91. The zero-order valence-electron chi connectivity index (χ0n) is 7.91. The second-order valence-electron chi connectivity index (χ2n) is 2.43. The van der Waals surface area contributed by atoms with E-state index in [1.807, 2.05) is 0 Å². The van der Waals surface area contributed by atoms with E-state index in [4.69, 9.17) is 9.47 Å². The highest BCUT2D eigenvalue weighted by Gasteiger charge is 2.15. The van der Waals surface area contributed by atoms with E-state index in [-0.39, 0.29) is 18.1 Å². The maximum absolute atomic E-state index is 12.8. The van der Waals surface area contributed by atoms with Gasteiger partial charge in [-0.25, -0.2) is 14.2 Å². The lowest BCUT2D eigenvalue weighted by Crippen LogP contribution is -2.08. The highest BCUT2D eigenvalue weighted by molar-refractivity contribution is 5.91. The fourth-order valence-corrected chi connectivity index (χ4v) is 0.944. The van der Waals surface area contributed by atoms with E-state index in [1.54, 1.807) is 6.92 Å². The lowest BCUT2D eigenvalue weighted by Gasteiger charge is -2.05. The fraction of sp³-hybridized carbons (Fsp3) is 0.333. The summed E-state index contributed by atoms with van der Waals surface area (Å²) in [5, 5.41) is 0. The molecule has 1 aromatic heterocycles. The summed E-state index contributed by atoms with van der Waals surface area (Å²) in [5.74, 6) is -1.19. The average molecular weight is 199 g/mol. The summed E-state index contributed by atoms with van der Waals surface area (Å²) in [6.07, 6.45) is 0.974. The predicted molar refractivity (Wildman–Crippen MR) is 46.7 cm³/mol. The number of hydrogen-bond donors (Lipinski definition) is 0. The lowest BCUT2D eigenvalue weighted by molar-refractivity contribution is 0.0521. The summed E-state index contributed by atoms with van der Waals surface area (Å²) in [5.41, 5.74) is -0.00523. The number of nitrogens with zero attached hydrogens (tertiary/aromatic N) is 1. The van der Waals surface area contributed by atoms with Crippen LogP contribution in [0.3, 0.4) is 0 Å². The Labute approximate surface area is 80.7 Å². The molecule has 0 unspecified atom stereocenters. The first-order valence-corrected chi connectivity index (χ1v) is 4.05. The third kappa shape index (κ3) is 2.18. The Balaban J connectivity index is 3.03. The summed E-state index contributed by atoms with van der Waals surface area (Å²) in [6, 6.07) is 1.03. The molecule has 0 aromatic carbocycles. The molecule has 0 amide bonds. The Hall–Kier alpha value is -1.65. The predicted octanol–water partition coefficient (Wildman–Crippen LogP) is 1.41. The van der Waals surface area contributed by atoms with Gasteiger partial charge in [0.05, 0.1) is 19.9 Å². The summed E-state index contributed by atoms with van der Waals surface area (Å²) >= 11 is 0. The number of methoxy groups -OCH3 is 1. The number of carbonyl (C=O) groups is 1. The van der Waals surface area contributed by atoms with Crippen LogP contribution in [0.2, 0.25) is 0 Å². The Kier molecular flexibility index (Phi) is 3.39. The molecule has 4 nitrogen and oxygen atoms in total. The summed E-state index contributed by atoms with van der Waals surface area (Å²) in [6.45, 7) is 1.88. The van der Waals surface area contributed by atoms with Crippen molar-refractivity contribution in [3.63, 3.8) is 0 Å². The average Bonchev–Trinajstić information content (AvgIpc) is 2.18. The molecule has 1 aromatic rings. The largest absolute Gasteiger partial charge is 0.480 e. The van der Waals surface area contributed by atoms with Crippen molar-refractivity contribution in [3.8, 4) is 5.88 Å². The number of ether oxygens (including phenoxy) is 2. The zero-order chi connectivity index (χ0) is 10.6. The Morgan fingerprint density at radius 3 is 2.93 bits per heavy atom. The number of halogens is 1. The first-order chi connectivity index (χ1) is 6.69. The van der Waals surface area contributed by atoms with Crippen molar-refractivity contribution in [2.75, 3.05) is 13.7 Å². The third-order valence-electron chi connectivity index (χ3n) is 1.51. The Morgan fingerprint density at radius 1 is 1.64 bits per heavy atom. The molecular formula is C9H10FNO3. The molecule has 0 N–H and O–H groups in total. The molecule has 0 atom stereocenters. The van der Waals surface area contributed by atoms with Crippen molar-refractivity contribution in [3.05, 3.63) is 23.6 Å². The van der Waals surface area contributed by atoms with Crippen LogP contribution in [0.4, 0.5) is 4.39 Å². The fourth-order valence-electron chi connectivity index (χ4n) is 0.944. The van der Waals surface area contributed by atoms with Crippen LogP contribution in [0.15, 0.2) is 12.3 Å². The Morgan fingerprint density at radius 2 is 2.36 bits per heavy atom. The van der Waals surface area contributed by atoms with Gasteiger partial charge in [0.15, 0.2) is 0 Å². The van der Waals surface area contributed by atoms with E-state index < -0.39 is 11.8 Å². The van der Waals surface area contributed by atoms with E-state index >= 15 is 0 Å². The molecule has 0 saturated carbocycles. The number of pyridine rings is 1. The normalized spacial score (nSPS) is 9.64. The minimum absolute atomic E-state index is 0.00523. The van der Waals surface area contributed by atoms with Crippen molar-refractivity contribution >= 4 is 5.97 Å². The number of hydrogen-bond acceptors (Lipinski definition) is 4. The van der Waals surface area contributed by atoms with E-state index in [2.05, 4.69) is 4.98 Å². The molecular weight excluding hydrogens is 189 g/mol. The molecule has 0 spiro atoms. The second kappa shape index (κ2) is 4.55. The van der Waals surface area contributed by atoms with Crippen LogP contribution in [0.25, 0.3) is 0 Å². The van der Waals surface area contributed by atoms with Gasteiger partial charge >= 0.3 is 5.97 Å². The molecule has 76 valence electrons. The van der Waals surface area contributed by atoms with Crippen LogP contribution in [0.1, 0.15) is 17.3 Å². The highest BCUT2D eigenvalue weighted by atomic mass is 19.1. The molecule has 0 fully saturated rings. The van der Waals surface area contributed by atoms with Crippen LogP contribution in [0.5, 0.6) is 5.88 Å². The van der Waals surface area contributed by atoms with Gasteiger partial charge < -0.3 is 9.47 Å². The molecule has 5 heteroatoms. The molecule has 0 saturated heterocycles. The van der Waals surface area contributed by atoms with Gasteiger partial charge in [-0.15, -0.1) is 0 Å². The second-order valence-corrected chi connectivity index (χ2v) is 2.43. The summed E-state index contributed by atoms with van der Waals surface area (Å²) < 4.78 is 22.2. The molecule has 0 aliphatic heterocycles. The summed E-state index contributed by atoms with van der Waals surface area (Å²) in [4.78, 5) is 14.9. The standard InChI is InChI=1S/C9H10FNO3/c1-3-14-9(12)7-4-6(10)5-11-8(7)13-2/h4-5H,3H2,1-2H3. The molecule has 1 rings (SSSR count). The number of rotatable bonds is 3. The number of aromatic nitrogens is 1. The monoisotopic (exact) mass is 199 g/mol. The number of carbonyl (C=O) groups excluding carboxylic acids is 1. The first kappa shape index (κ1) is 10.4. The van der Waals surface area contributed by atoms with Crippen molar-refractivity contribution < 1.29 is 18.7 Å². The molecule has 0 bridgehead atoms. The van der Waals surface area contributed by atoms with Crippen molar-refractivity contribution in [1.29, 1.82) is 0 Å². The molecule has 0 aliphatic carbocycles. The maximum Gasteiger partial charge on any atom is 0.343 e. The molecule has 0 radical (unpaired) electrons. The Bertz CT molecular complexity index is 341. The van der Waals surface area contributed by atoms with Gasteiger partial charge in [0.25, 0.3) is 0 Å². The van der Waals surface area contributed by atoms with E-state index in [0.717, 1.165) is 12.3 Å². The maximum atomic E-state index is 12.8. The van der Waals surface area contributed by atoms with Gasteiger partial charge in [-0.2, -0.15) is 0 Å². The van der Waals surface area contributed by atoms with Gasteiger partial charge in [0.1, 0.15) is 11.4 Å². The summed E-state index contributed by atoms with van der Waals surface area (Å²) in [7, 11) is 1.35. The van der Waals surface area contributed by atoms with E-state index in [1.165, 1.54) is 7.11 Å². The van der Waals surface area contributed by atoms with Gasteiger partial charge in [0.2, 0.25) is 5.88 Å². The van der Waals surface area contributed by atoms with Crippen LogP contribution in [-0.4, -0.2) is 24.7 Å². The van der Waals surface area contributed by atoms with Crippen LogP contribution in [0, 0.1) is 5.82 Å². The van der Waals surface area contributed by atoms with Crippen LogP contribution >= 0.6 is 0 Å². The van der Waals surface area contributed by atoms with Crippen LogP contribution in [-0.2, 0) is 4.74 Å². The molecule has 1 heterocycles. The molecule has 0 aliphatic rings. The van der Waals surface area contributed by atoms with Crippen molar-refractivity contribution in [2.24, 2.45) is 0 Å². The van der Waals surface area contributed by atoms with Crippen LogP contribution < -0.4 is 4.74 Å². The smallest absolute Gasteiger partial charge is 0.343 e. The van der Waals surface area contributed by atoms with E-state index in [9.17, 15) is 9.18 Å². The van der Waals surface area contributed by atoms with Gasteiger partial charge in [-0.05, 0) is 13.0 Å². The van der Waals surface area contributed by atoms with Crippen molar-refractivity contribution in [2.45, 2.75) is 6.92 Å². The quantitative estimate of drug-likeness (QED) is 0.690. The number of esters is 1. The SMILES string of the molecule is CCOC(=O)c1cc(F)cnc1OC. The van der Waals surface area contributed by atoms with Gasteiger partial charge in [-0.1, -0.05) is 0 Å². The highest BCUT2D eigenvalue weighted by Crippen LogP contribution is 2.16. The lowest BCUT2D eigenvalue weighted by atomic mass is 10.2. The van der Waals surface area contributed by atoms with Crippen molar-refractivity contribution in [1.82, 2.24) is 4.98 Å². The van der Waals surface area contributed by atoms with Gasteiger partial charge in [-0.3, -0.25) is 0 Å². The minimum Gasteiger partial charge on any atom is -0.480 e. The minimum atomic E-state index is -0.642. The van der Waals surface area contributed by atoms with E-state index in [0.29, 0.717) is 0 Å². The third-order valence-corrected chi connectivity index (χ3v) is 1.51. The molecule has 14 heavy (non-hydrogen) atoms.